The Balaban J connectivity index is 2.05. The molecule has 0 aromatic heterocycles. The number of nitrogens with one attached hydrogen (secondary N) is 1. The number of hydrogen-bond donors (Lipinski definition) is 1. The minimum Gasteiger partial charge on any atom is -0.385 e. The minimum absolute atomic E-state index is 0.126. The first-order valence-electron chi connectivity index (χ1n) is 5.70. The van der Waals surface area contributed by atoms with Crippen molar-refractivity contribution in [2.45, 2.75) is 19.8 Å². The Morgan fingerprint density at radius 3 is 2.94 bits per heavy atom. The maximum absolute atomic E-state index is 11.5. The number of hydrogen-bond acceptors (Lipinski definition) is 3. The molecular formula is C13H16N2O2. The molecule has 0 radical (unpaired) electrons. The van der Waals surface area contributed by atoms with Crippen LogP contribution in [0.15, 0.2) is 18.2 Å². The summed E-state index contributed by atoms with van der Waals surface area (Å²) >= 11 is 0. The zero-order valence-corrected chi connectivity index (χ0v) is 10.1. The second-order valence-corrected chi connectivity index (χ2v) is 4.35. The number of carbonyl (C=O) groups excluding carboxylic acids is 2. The molecule has 0 bridgehead atoms. The smallest absolute Gasteiger partial charge is 0.231 e. The number of Topliss-reactive ketones (excluding diaryl/α,β-unsaturated/α-hetero) is 1. The van der Waals surface area contributed by atoms with Crippen LogP contribution in [0.2, 0.25) is 0 Å². The Morgan fingerprint density at radius 2 is 2.24 bits per heavy atom. The summed E-state index contributed by atoms with van der Waals surface area (Å²) in [7, 11) is 1.79. The minimum atomic E-state index is 0.126. The Labute approximate surface area is 101 Å². The number of likely N-dealkylation sites (N-methyl/N-ethyl adjacent to an activating group) is 1. The number of nitrogens with zero attached hydrogens (tertiary/aromatic N) is 1. The largest absolute Gasteiger partial charge is 0.385 e. The van der Waals surface area contributed by atoms with Gasteiger partial charge in [-0.2, -0.15) is 0 Å². The fourth-order valence-electron chi connectivity index (χ4n) is 1.96. The standard InChI is InChI=1S/C13H16N2O2/c1-9(16)5-6-14-11-3-4-12-10(7-11)8-13(17)15(12)2/h3-4,7,14H,5-6,8H2,1-2H3. The molecule has 4 nitrogen and oxygen atoms in total. The molecule has 1 N–H and O–H groups in total. The Hall–Kier alpha value is -1.84. The lowest BCUT2D eigenvalue weighted by atomic mass is 10.1. The maximum atomic E-state index is 11.5. The zero-order valence-electron chi connectivity index (χ0n) is 10.1. The molecule has 0 unspecified atom stereocenters. The molecule has 0 aliphatic carbocycles. The van der Waals surface area contributed by atoms with Crippen molar-refractivity contribution in [1.82, 2.24) is 0 Å². The highest BCUT2D eigenvalue weighted by atomic mass is 16.2. The van der Waals surface area contributed by atoms with E-state index in [9.17, 15) is 9.59 Å². The van der Waals surface area contributed by atoms with E-state index >= 15 is 0 Å². The number of fused-ring (bicyclic) bond motifs is 1. The van der Waals surface area contributed by atoms with Gasteiger partial charge in [-0.15, -0.1) is 0 Å². The third-order valence-corrected chi connectivity index (χ3v) is 2.96. The maximum Gasteiger partial charge on any atom is 0.231 e. The first-order chi connectivity index (χ1) is 8.08. The predicted molar refractivity (Wildman–Crippen MR) is 67.3 cm³/mol. The monoisotopic (exact) mass is 232 g/mol. The Morgan fingerprint density at radius 1 is 1.47 bits per heavy atom. The van der Waals surface area contributed by atoms with Gasteiger partial charge in [0.25, 0.3) is 0 Å². The van der Waals surface area contributed by atoms with E-state index in [-0.39, 0.29) is 11.7 Å². The van der Waals surface area contributed by atoms with Gasteiger partial charge in [0.2, 0.25) is 5.91 Å². The summed E-state index contributed by atoms with van der Waals surface area (Å²) < 4.78 is 0. The molecule has 1 aromatic carbocycles. The second-order valence-electron chi connectivity index (χ2n) is 4.35. The lowest BCUT2D eigenvalue weighted by Crippen LogP contribution is -2.20. The fraction of sp³-hybridized carbons (Fsp3) is 0.385. The predicted octanol–water partition coefficient (Wildman–Crippen LogP) is 1.60. The van der Waals surface area contributed by atoms with Gasteiger partial charge in [-0.05, 0) is 30.7 Å². The van der Waals surface area contributed by atoms with E-state index in [0.717, 1.165) is 16.9 Å². The van der Waals surface area contributed by atoms with Gasteiger partial charge in [0.05, 0.1) is 6.42 Å². The molecule has 0 saturated heterocycles. The molecule has 0 spiro atoms. The van der Waals surface area contributed by atoms with E-state index in [1.807, 2.05) is 18.2 Å². The van der Waals surface area contributed by atoms with E-state index < -0.39 is 0 Å². The summed E-state index contributed by atoms with van der Waals surface area (Å²) in [5, 5.41) is 3.18. The van der Waals surface area contributed by atoms with Crippen LogP contribution in [0.1, 0.15) is 18.9 Å². The summed E-state index contributed by atoms with van der Waals surface area (Å²) in [5.74, 6) is 0.300. The summed E-state index contributed by atoms with van der Waals surface area (Å²) in [6.45, 7) is 2.22. The molecule has 2 rings (SSSR count). The highest BCUT2D eigenvalue weighted by molar-refractivity contribution is 6.01. The third-order valence-electron chi connectivity index (χ3n) is 2.96. The van der Waals surface area contributed by atoms with Crippen LogP contribution < -0.4 is 10.2 Å². The summed E-state index contributed by atoms with van der Waals surface area (Å²) in [4.78, 5) is 24.0. The molecule has 1 aliphatic rings. The van der Waals surface area contributed by atoms with Crippen molar-refractivity contribution >= 4 is 23.1 Å². The van der Waals surface area contributed by atoms with Crippen LogP contribution in [-0.2, 0) is 16.0 Å². The number of carbonyl (C=O) groups is 2. The summed E-state index contributed by atoms with van der Waals surface area (Å²) in [6, 6.07) is 5.86. The first kappa shape index (κ1) is 11.6. The van der Waals surface area contributed by atoms with Crippen molar-refractivity contribution in [2.75, 3.05) is 23.8 Å². The van der Waals surface area contributed by atoms with Gasteiger partial charge >= 0.3 is 0 Å². The van der Waals surface area contributed by atoms with Crippen molar-refractivity contribution in [3.05, 3.63) is 23.8 Å². The van der Waals surface area contributed by atoms with Gasteiger partial charge in [-0.3, -0.25) is 9.59 Å². The molecule has 0 saturated carbocycles. The van der Waals surface area contributed by atoms with Crippen molar-refractivity contribution in [1.29, 1.82) is 0 Å². The highest BCUT2D eigenvalue weighted by Crippen LogP contribution is 2.29. The van der Waals surface area contributed by atoms with E-state index in [2.05, 4.69) is 5.32 Å². The SMILES string of the molecule is CC(=O)CCNc1ccc2c(c1)CC(=O)N2C. The van der Waals surface area contributed by atoms with Crippen molar-refractivity contribution in [2.24, 2.45) is 0 Å². The number of anilines is 2. The molecule has 1 aromatic rings. The van der Waals surface area contributed by atoms with Gasteiger partial charge in [0, 0.05) is 31.4 Å². The number of ketones is 1. The van der Waals surface area contributed by atoms with Crippen LogP contribution in [0.5, 0.6) is 0 Å². The van der Waals surface area contributed by atoms with Crippen LogP contribution in [0, 0.1) is 0 Å². The topological polar surface area (TPSA) is 49.4 Å². The molecule has 4 heteroatoms. The zero-order chi connectivity index (χ0) is 12.4. The lowest BCUT2D eigenvalue weighted by Gasteiger charge is -2.11. The van der Waals surface area contributed by atoms with Crippen molar-refractivity contribution in [3.8, 4) is 0 Å². The molecular weight excluding hydrogens is 216 g/mol. The fourth-order valence-corrected chi connectivity index (χ4v) is 1.96. The molecule has 0 atom stereocenters. The van der Waals surface area contributed by atoms with Gasteiger partial charge in [0.1, 0.15) is 5.78 Å². The molecule has 1 heterocycles. The average molecular weight is 232 g/mol. The Bertz CT molecular complexity index is 468. The van der Waals surface area contributed by atoms with E-state index in [1.54, 1.807) is 18.9 Å². The normalized spacial score (nSPS) is 13.8. The van der Waals surface area contributed by atoms with Gasteiger partial charge in [-0.25, -0.2) is 0 Å². The van der Waals surface area contributed by atoms with Gasteiger partial charge in [0.15, 0.2) is 0 Å². The number of rotatable bonds is 4. The van der Waals surface area contributed by atoms with Crippen LogP contribution in [0.3, 0.4) is 0 Å². The molecule has 0 fully saturated rings. The third kappa shape index (κ3) is 2.46. The molecule has 17 heavy (non-hydrogen) atoms. The Kier molecular flexibility index (Phi) is 3.13. The lowest BCUT2D eigenvalue weighted by molar-refractivity contribution is -0.117. The highest BCUT2D eigenvalue weighted by Gasteiger charge is 2.23. The molecule has 1 amide bonds. The van der Waals surface area contributed by atoms with Crippen LogP contribution in [0.4, 0.5) is 11.4 Å². The van der Waals surface area contributed by atoms with Crippen molar-refractivity contribution < 1.29 is 9.59 Å². The first-order valence-corrected chi connectivity index (χ1v) is 5.70. The van der Waals surface area contributed by atoms with Crippen LogP contribution in [-0.4, -0.2) is 25.3 Å². The number of amides is 1. The van der Waals surface area contributed by atoms with E-state index in [4.69, 9.17) is 0 Å². The van der Waals surface area contributed by atoms with Gasteiger partial charge in [-0.1, -0.05) is 0 Å². The van der Waals surface area contributed by atoms with Crippen molar-refractivity contribution in [3.63, 3.8) is 0 Å². The summed E-state index contributed by atoms with van der Waals surface area (Å²) in [5.41, 5.74) is 2.99. The van der Waals surface area contributed by atoms with Crippen LogP contribution >= 0.6 is 0 Å². The van der Waals surface area contributed by atoms with Gasteiger partial charge < -0.3 is 10.2 Å². The number of benzene rings is 1. The van der Waals surface area contributed by atoms with E-state index in [1.165, 1.54) is 0 Å². The van der Waals surface area contributed by atoms with E-state index in [0.29, 0.717) is 19.4 Å². The second kappa shape index (κ2) is 4.57. The summed E-state index contributed by atoms with van der Waals surface area (Å²) in [6.07, 6.45) is 0.990. The average Bonchev–Trinajstić information content (AvgIpc) is 2.54. The molecule has 1 aliphatic heterocycles. The van der Waals surface area contributed by atoms with Crippen LogP contribution in [0.25, 0.3) is 0 Å². The quantitative estimate of drug-likeness (QED) is 0.857. The molecule has 90 valence electrons.